The zero-order valence-electron chi connectivity index (χ0n) is 10.7. The lowest BCUT2D eigenvalue weighted by molar-refractivity contribution is -0.137. The van der Waals surface area contributed by atoms with Crippen LogP contribution in [0.3, 0.4) is 0 Å². The van der Waals surface area contributed by atoms with Gasteiger partial charge in [0.1, 0.15) is 0 Å². The number of carbonyl (C=O) groups is 1. The van der Waals surface area contributed by atoms with Crippen LogP contribution in [0.15, 0.2) is 24.3 Å². The number of rotatable bonds is 6. The lowest BCUT2D eigenvalue weighted by Gasteiger charge is -2.12. The van der Waals surface area contributed by atoms with Crippen molar-refractivity contribution in [3.8, 4) is 0 Å². The molecule has 1 aromatic carbocycles. The molecule has 3 heteroatoms. The van der Waals surface area contributed by atoms with E-state index in [-0.39, 0.29) is 12.5 Å². The standard InChI is InChI=1S/C14H21NO2/c1-10(2)13-6-4-12(5-7-13)9-15-11(3)8-14(16)17/h4-7,10-11,15H,8-9H2,1-3H3,(H,16,17). The largest absolute Gasteiger partial charge is 0.481 e. The molecule has 94 valence electrons. The Balaban J connectivity index is 2.44. The van der Waals surface area contributed by atoms with E-state index in [2.05, 4.69) is 43.4 Å². The van der Waals surface area contributed by atoms with E-state index in [1.165, 1.54) is 11.1 Å². The summed E-state index contributed by atoms with van der Waals surface area (Å²) in [5.74, 6) is -0.219. The zero-order valence-corrected chi connectivity index (χ0v) is 10.7. The molecule has 0 fully saturated rings. The van der Waals surface area contributed by atoms with E-state index in [0.717, 1.165) is 0 Å². The lowest BCUT2D eigenvalue weighted by atomic mass is 10.0. The Hall–Kier alpha value is -1.35. The quantitative estimate of drug-likeness (QED) is 0.797. The molecule has 3 nitrogen and oxygen atoms in total. The van der Waals surface area contributed by atoms with Crippen LogP contribution in [0.1, 0.15) is 44.2 Å². The maximum atomic E-state index is 10.5. The summed E-state index contributed by atoms with van der Waals surface area (Å²) in [6.07, 6.45) is 0.157. The van der Waals surface area contributed by atoms with Crippen molar-refractivity contribution in [2.45, 2.75) is 45.7 Å². The number of aliphatic carboxylic acids is 1. The van der Waals surface area contributed by atoms with Crippen LogP contribution in [0, 0.1) is 0 Å². The zero-order chi connectivity index (χ0) is 12.8. The summed E-state index contributed by atoms with van der Waals surface area (Å²) < 4.78 is 0. The second-order valence-electron chi connectivity index (χ2n) is 4.78. The average Bonchev–Trinajstić information content (AvgIpc) is 2.26. The first-order chi connectivity index (χ1) is 7.99. The second-order valence-corrected chi connectivity index (χ2v) is 4.78. The average molecular weight is 235 g/mol. The molecular formula is C14H21NO2. The molecule has 1 atom stereocenters. The molecule has 0 aromatic heterocycles. The monoisotopic (exact) mass is 235 g/mol. The fourth-order valence-corrected chi connectivity index (χ4v) is 1.65. The van der Waals surface area contributed by atoms with Gasteiger partial charge in [-0.1, -0.05) is 38.1 Å². The molecule has 1 aromatic rings. The Labute approximate surface area is 103 Å². The normalized spacial score (nSPS) is 12.7. The maximum absolute atomic E-state index is 10.5. The van der Waals surface area contributed by atoms with Gasteiger partial charge in [0.15, 0.2) is 0 Å². The van der Waals surface area contributed by atoms with Crippen molar-refractivity contribution < 1.29 is 9.90 Å². The smallest absolute Gasteiger partial charge is 0.304 e. The van der Waals surface area contributed by atoms with Crippen molar-refractivity contribution in [1.29, 1.82) is 0 Å². The molecule has 17 heavy (non-hydrogen) atoms. The van der Waals surface area contributed by atoms with E-state index in [0.29, 0.717) is 12.5 Å². The highest BCUT2D eigenvalue weighted by Crippen LogP contribution is 2.14. The number of carboxylic acid groups (broad SMARTS) is 1. The second kappa shape index (κ2) is 6.40. The maximum Gasteiger partial charge on any atom is 0.304 e. The van der Waals surface area contributed by atoms with Crippen LogP contribution < -0.4 is 5.32 Å². The van der Waals surface area contributed by atoms with Gasteiger partial charge in [-0.25, -0.2) is 0 Å². The van der Waals surface area contributed by atoms with Gasteiger partial charge in [0.25, 0.3) is 0 Å². The van der Waals surface area contributed by atoms with Gasteiger partial charge >= 0.3 is 5.97 Å². The van der Waals surface area contributed by atoms with Crippen molar-refractivity contribution in [2.75, 3.05) is 0 Å². The summed E-state index contributed by atoms with van der Waals surface area (Å²) in [7, 11) is 0. The molecule has 1 unspecified atom stereocenters. The third kappa shape index (κ3) is 5.00. The molecule has 2 N–H and O–H groups in total. The predicted octanol–water partition coefficient (Wildman–Crippen LogP) is 2.76. The van der Waals surface area contributed by atoms with Crippen LogP contribution in [0.4, 0.5) is 0 Å². The lowest BCUT2D eigenvalue weighted by Crippen LogP contribution is -2.27. The van der Waals surface area contributed by atoms with E-state index < -0.39 is 5.97 Å². The fraction of sp³-hybridized carbons (Fsp3) is 0.500. The number of carboxylic acids is 1. The highest BCUT2D eigenvalue weighted by molar-refractivity contribution is 5.67. The number of nitrogens with one attached hydrogen (secondary N) is 1. The van der Waals surface area contributed by atoms with E-state index in [4.69, 9.17) is 5.11 Å². The minimum Gasteiger partial charge on any atom is -0.481 e. The molecule has 0 radical (unpaired) electrons. The first-order valence-corrected chi connectivity index (χ1v) is 6.03. The van der Waals surface area contributed by atoms with Gasteiger partial charge in [-0.05, 0) is 24.0 Å². The van der Waals surface area contributed by atoms with Crippen LogP contribution in [0.5, 0.6) is 0 Å². The van der Waals surface area contributed by atoms with Crippen LogP contribution >= 0.6 is 0 Å². The third-order valence-electron chi connectivity index (χ3n) is 2.78. The first kappa shape index (κ1) is 13.7. The Morgan fingerprint density at radius 2 is 1.82 bits per heavy atom. The van der Waals surface area contributed by atoms with Gasteiger partial charge in [-0.2, -0.15) is 0 Å². The summed E-state index contributed by atoms with van der Waals surface area (Å²) in [5.41, 5.74) is 2.51. The van der Waals surface area contributed by atoms with Crippen molar-refractivity contribution in [3.05, 3.63) is 35.4 Å². The SMILES string of the molecule is CC(CC(=O)O)NCc1ccc(C(C)C)cc1. The highest BCUT2D eigenvalue weighted by Gasteiger charge is 2.06. The Kier molecular flexibility index (Phi) is 5.16. The van der Waals surface area contributed by atoms with E-state index in [1.54, 1.807) is 0 Å². The van der Waals surface area contributed by atoms with Crippen molar-refractivity contribution in [2.24, 2.45) is 0 Å². The van der Waals surface area contributed by atoms with Gasteiger partial charge in [0, 0.05) is 12.6 Å². The number of hydrogen-bond donors (Lipinski definition) is 2. The van der Waals surface area contributed by atoms with Crippen molar-refractivity contribution in [3.63, 3.8) is 0 Å². The topological polar surface area (TPSA) is 49.3 Å². The Bertz CT molecular complexity index is 357. The minimum atomic E-state index is -0.764. The van der Waals surface area contributed by atoms with Crippen LogP contribution in [-0.2, 0) is 11.3 Å². The molecule has 0 aliphatic heterocycles. The van der Waals surface area contributed by atoms with Gasteiger partial charge in [-0.15, -0.1) is 0 Å². The molecule has 1 rings (SSSR count). The number of hydrogen-bond acceptors (Lipinski definition) is 2. The summed E-state index contributed by atoms with van der Waals surface area (Å²) in [5, 5.41) is 11.8. The predicted molar refractivity (Wildman–Crippen MR) is 69.1 cm³/mol. The van der Waals surface area contributed by atoms with Gasteiger partial charge < -0.3 is 10.4 Å². The molecule has 0 heterocycles. The van der Waals surface area contributed by atoms with Crippen molar-refractivity contribution >= 4 is 5.97 Å². The molecule has 0 amide bonds. The van der Waals surface area contributed by atoms with E-state index >= 15 is 0 Å². The Morgan fingerprint density at radius 3 is 2.29 bits per heavy atom. The molecular weight excluding hydrogens is 214 g/mol. The van der Waals surface area contributed by atoms with E-state index in [1.807, 2.05) is 6.92 Å². The van der Waals surface area contributed by atoms with E-state index in [9.17, 15) is 4.79 Å². The summed E-state index contributed by atoms with van der Waals surface area (Å²) in [6.45, 7) is 6.94. The van der Waals surface area contributed by atoms with Crippen LogP contribution in [-0.4, -0.2) is 17.1 Å². The summed E-state index contributed by atoms with van der Waals surface area (Å²) >= 11 is 0. The number of benzene rings is 1. The van der Waals surface area contributed by atoms with Crippen LogP contribution in [0.25, 0.3) is 0 Å². The molecule has 0 saturated carbocycles. The Morgan fingerprint density at radius 1 is 1.24 bits per heavy atom. The highest BCUT2D eigenvalue weighted by atomic mass is 16.4. The van der Waals surface area contributed by atoms with Crippen LogP contribution in [0.2, 0.25) is 0 Å². The fourth-order valence-electron chi connectivity index (χ4n) is 1.65. The van der Waals surface area contributed by atoms with Gasteiger partial charge in [0.2, 0.25) is 0 Å². The molecule has 0 aliphatic rings. The molecule has 0 aliphatic carbocycles. The molecule has 0 saturated heterocycles. The molecule has 0 spiro atoms. The first-order valence-electron chi connectivity index (χ1n) is 6.03. The minimum absolute atomic E-state index is 0.00252. The van der Waals surface area contributed by atoms with Crippen molar-refractivity contribution in [1.82, 2.24) is 5.32 Å². The summed E-state index contributed by atoms with van der Waals surface area (Å²) in [6, 6.07) is 8.44. The molecule has 0 bridgehead atoms. The summed E-state index contributed by atoms with van der Waals surface area (Å²) in [4.78, 5) is 10.5. The van der Waals surface area contributed by atoms with Gasteiger partial charge in [0.05, 0.1) is 6.42 Å². The third-order valence-corrected chi connectivity index (χ3v) is 2.78. The van der Waals surface area contributed by atoms with Gasteiger partial charge in [-0.3, -0.25) is 4.79 Å².